The first-order valence-electron chi connectivity index (χ1n) is 10.1. The van der Waals surface area contributed by atoms with Crippen LogP contribution in [0, 0.1) is 5.92 Å². The van der Waals surface area contributed by atoms with E-state index in [-0.39, 0.29) is 17.1 Å². The van der Waals surface area contributed by atoms with E-state index in [4.69, 9.17) is 32.5 Å². The maximum Gasteiger partial charge on any atom is 0.187 e. The summed E-state index contributed by atoms with van der Waals surface area (Å²) in [7, 11) is 3.35. The van der Waals surface area contributed by atoms with Crippen molar-refractivity contribution in [3.8, 4) is 11.5 Å². The Labute approximate surface area is 185 Å². The standard InChI is InChI=1S/C20H21N3O2S.C2H6.C2H4/c1-24-14-7-4-13(5-8-14)19-16-10-6-12-3-9-15(25-2)11-17(12)18(16)22-23(19)20(21)26;2*1-2/h3-5,7-9,11,16,19H,6,10H2,1-2H3,(H2,21,26);1-2H3;1-2H2. The highest BCUT2D eigenvalue weighted by molar-refractivity contribution is 7.80. The number of ether oxygens (including phenoxy) is 2. The van der Waals surface area contributed by atoms with E-state index in [0.717, 1.165) is 41.2 Å². The number of fused-ring (bicyclic) bond motifs is 3. The summed E-state index contributed by atoms with van der Waals surface area (Å²) in [5.74, 6) is 1.90. The number of hydrogen-bond donors (Lipinski definition) is 1. The lowest BCUT2D eigenvalue weighted by molar-refractivity contribution is 0.309. The highest BCUT2D eigenvalue weighted by Gasteiger charge is 2.42. The lowest BCUT2D eigenvalue weighted by Crippen LogP contribution is -2.35. The van der Waals surface area contributed by atoms with Crippen molar-refractivity contribution in [2.24, 2.45) is 16.8 Å². The molecule has 160 valence electrons. The Morgan fingerprint density at radius 3 is 2.23 bits per heavy atom. The lowest BCUT2D eigenvalue weighted by atomic mass is 9.77. The summed E-state index contributed by atoms with van der Waals surface area (Å²) in [5.41, 5.74) is 10.6. The van der Waals surface area contributed by atoms with E-state index in [1.165, 1.54) is 5.56 Å². The Bertz CT molecular complexity index is 896. The molecule has 0 amide bonds. The van der Waals surface area contributed by atoms with Crippen LogP contribution in [0.2, 0.25) is 0 Å². The van der Waals surface area contributed by atoms with Gasteiger partial charge in [0.2, 0.25) is 0 Å². The minimum Gasteiger partial charge on any atom is -0.497 e. The van der Waals surface area contributed by atoms with E-state index in [1.54, 1.807) is 19.2 Å². The number of thiocarbonyl (C=S) groups is 1. The molecule has 2 N–H and O–H groups in total. The van der Waals surface area contributed by atoms with Gasteiger partial charge in [-0.25, -0.2) is 5.01 Å². The highest BCUT2D eigenvalue weighted by atomic mass is 32.1. The molecular weight excluding hydrogens is 394 g/mol. The molecule has 1 aliphatic heterocycles. The first-order valence-corrected chi connectivity index (χ1v) is 10.5. The second kappa shape index (κ2) is 10.8. The zero-order valence-electron chi connectivity index (χ0n) is 18.2. The Morgan fingerprint density at radius 1 is 1.07 bits per heavy atom. The second-order valence-corrected chi connectivity index (χ2v) is 6.97. The average molecular weight is 426 g/mol. The van der Waals surface area contributed by atoms with Gasteiger partial charge in [-0.1, -0.05) is 32.0 Å². The zero-order chi connectivity index (χ0) is 22.3. The molecule has 0 radical (unpaired) electrons. The molecule has 5 nitrogen and oxygen atoms in total. The van der Waals surface area contributed by atoms with Crippen LogP contribution in [0.25, 0.3) is 0 Å². The first kappa shape index (κ1) is 23.4. The van der Waals surface area contributed by atoms with E-state index >= 15 is 0 Å². The van der Waals surface area contributed by atoms with E-state index < -0.39 is 0 Å². The van der Waals surface area contributed by atoms with Crippen LogP contribution >= 0.6 is 12.2 Å². The number of aryl methyl sites for hydroxylation is 1. The third-order valence-electron chi connectivity index (χ3n) is 5.21. The van der Waals surface area contributed by atoms with Crippen LogP contribution in [0.4, 0.5) is 0 Å². The fraction of sp³-hybridized carbons (Fsp3) is 0.333. The van der Waals surface area contributed by atoms with Gasteiger partial charge in [-0.05, 0) is 60.5 Å². The minimum absolute atomic E-state index is 0.00718. The van der Waals surface area contributed by atoms with E-state index in [1.807, 2.05) is 32.0 Å². The molecule has 4 rings (SSSR count). The van der Waals surface area contributed by atoms with Crippen LogP contribution in [0.1, 0.15) is 43.0 Å². The molecule has 1 aliphatic carbocycles. The van der Waals surface area contributed by atoms with E-state index in [2.05, 4.69) is 37.4 Å². The molecule has 30 heavy (non-hydrogen) atoms. The predicted octanol–water partition coefficient (Wildman–Crippen LogP) is 5.10. The van der Waals surface area contributed by atoms with Gasteiger partial charge in [-0.15, -0.1) is 13.2 Å². The maximum absolute atomic E-state index is 6.01. The number of rotatable bonds is 3. The molecule has 0 saturated carbocycles. The summed E-state index contributed by atoms with van der Waals surface area (Å²) in [5, 5.41) is 6.90. The summed E-state index contributed by atoms with van der Waals surface area (Å²) in [6.45, 7) is 10.0. The van der Waals surface area contributed by atoms with Gasteiger partial charge in [-0.2, -0.15) is 5.10 Å². The average Bonchev–Trinajstić information content (AvgIpc) is 3.22. The summed E-state index contributed by atoms with van der Waals surface area (Å²) in [6, 6.07) is 14.2. The van der Waals surface area contributed by atoms with Gasteiger partial charge >= 0.3 is 0 Å². The van der Waals surface area contributed by atoms with Crippen molar-refractivity contribution >= 4 is 23.0 Å². The molecule has 6 heteroatoms. The molecule has 2 aromatic carbocycles. The molecule has 0 saturated heterocycles. The fourth-order valence-corrected chi connectivity index (χ4v) is 4.09. The smallest absolute Gasteiger partial charge is 0.187 e. The number of hydrogen-bond acceptors (Lipinski definition) is 4. The molecule has 2 unspecified atom stereocenters. The van der Waals surface area contributed by atoms with Crippen LogP contribution in [0.3, 0.4) is 0 Å². The number of methoxy groups -OCH3 is 2. The number of nitrogens with two attached hydrogens (primary N) is 1. The molecule has 2 aliphatic rings. The van der Waals surface area contributed by atoms with Crippen molar-refractivity contribution in [1.29, 1.82) is 0 Å². The summed E-state index contributed by atoms with van der Waals surface area (Å²) in [6.07, 6.45) is 2.01. The van der Waals surface area contributed by atoms with Gasteiger partial charge < -0.3 is 15.2 Å². The van der Waals surface area contributed by atoms with Crippen molar-refractivity contribution in [3.63, 3.8) is 0 Å². The molecule has 1 heterocycles. The van der Waals surface area contributed by atoms with E-state index in [9.17, 15) is 0 Å². The predicted molar refractivity (Wildman–Crippen MR) is 128 cm³/mol. The van der Waals surface area contributed by atoms with Crippen LogP contribution < -0.4 is 15.2 Å². The van der Waals surface area contributed by atoms with Gasteiger partial charge in [0.05, 0.1) is 26.0 Å². The Hall–Kier alpha value is -2.86. The van der Waals surface area contributed by atoms with Crippen molar-refractivity contribution in [3.05, 3.63) is 72.3 Å². The molecular formula is C24H31N3O2S. The van der Waals surface area contributed by atoms with Crippen molar-refractivity contribution in [1.82, 2.24) is 5.01 Å². The van der Waals surface area contributed by atoms with Crippen LogP contribution in [0.5, 0.6) is 11.5 Å². The molecule has 0 fully saturated rings. The number of nitrogens with zero attached hydrogens (tertiary/aromatic N) is 2. The largest absolute Gasteiger partial charge is 0.497 e. The topological polar surface area (TPSA) is 60.1 Å². The van der Waals surface area contributed by atoms with Crippen LogP contribution in [0.15, 0.2) is 60.7 Å². The van der Waals surface area contributed by atoms with Gasteiger partial charge in [0.1, 0.15) is 11.5 Å². The van der Waals surface area contributed by atoms with Gasteiger partial charge in [0, 0.05) is 11.5 Å². The van der Waals surface area contributed by atoms with Crippen molar-refractivity contribution < 1.29 is 9.47 Å². The highest BCUT2D eigenvalue weighted by Crippen LogP contribution is 2.44. The third-order valence-corrected chi connectivity index (χ3v) is 5.40. The minimum atomic E-state index is 0.00718. The molecule has 0 bridgehead atoms. The Kier molecular flexibility index (Phi) is 8.42. The fourth-order valence-electron chi connectivity index (χ4n) is 3.93. The van der Waals surface area contributed by atoms with Crippen LogP contribution in [-0.4, -0.2) is 30.1 Å². The van der Waals surface area contributed by atoms with Crippen LogP contribution in [-0.2, 0) is 6.42 Å². The number of benzene rings is 2. The molecule has 0 aromatic heterocycles. The van der Waals surface area contributed by atoms with Crippen molar-refractivity contribution in [2.75, 3.05) is 14.2 Å². The summed E-state index contributed by atoms with van der Waals surface area (Å²) in [4.78, 5) is 0. The van der Waals surface area contributed by atoms with Crippen molar-refractivity contribution in [2.45, 2.75) is 32.7 Å². The van der Waals surface area contributed by atoms with Gasteiger partial charge in [0.25, 0.3) is 0 Å². The summed E-state index contributed by atoms with van der Waals surface area (Å²) >= 11 is 5.30. The van der Waals surface area contributed by atoms with Gasteiger partial charge in [0.15, 0.2) is 5.11 Å². The second-order valence-electron chi connectivity index (χ2n) is 6.55. The van der Waals surface area contributed by atoms with Gasteiger partial charge in [-0.3, -0.25) is 0 Å². The summed E-state index contributed by atoms with van der Waals surface area (Å²) < 4.78 is 10.7. The third kappa shape index (κ3) is 4.49. The Balaban J connectivity index is 0.000000757. The first-order chi connectivity index (χ1) is 14.6. The van der Waals surface area contributed by atoms with E-state index in [0.29, 0.717) is 0 Å². The zero-order valence-corrected chi connectivity index (χ0v) is 19.0. The Morgan fingerprint density at radius 2 is 1.67 bits per heavy atom. The molecule has 2 aromatic rings. The lowest BCUT2D eigenvalue weighted by Gasteiger charge is -2.30. The molecule has 0 spiro atoms. The normalized spacial score (nSPS) is 18.4. The molecule has 2 atom stereocenters. The SMILES string of the molecule is C=C.CC.COc1ccc(C2C3CCc4ccc(OC)cc4C3=NN2C(N)=S)cc1. The monoisotopic (exact) mass is 425 g/mol. The number of hydrazone groups is 1. The maximum atomic E-state index is 6.01. The quantitative estimate of drug-likeness (QED) is 0.548.